The van der Waals surface area contributed by atoms with Crippen LogP contribution in [0.25, 0.3) is 6.08 Å². The Morgan fingerprint density at radius 1 is 1.15 bits per heavy atom. The summed E-state index contributed by atoms with van der Waals surface area (Å²) in [5.41, 5.74) is 1.17. The first-order chi connectivity index (χ1) is 4.97. The largest absolute Gasteiger partial charge is 0.489 e. The molecule has 3 heteroatoms. The van der Waals surface area contributed by atoms with Gasteiger partial charge in [-0.25, -0.2) is 0 Å². The molecule has 1 heterocycles. The van der Waals surface area contributed by atoms with Gasteiger partial charge in [0.05, 0.1) is 0 Å². The molecule has 0 unspecified atom stereocenters. The quantitative estimate of drug-likeness (QED) is 0.670. The molecular formula is C10H12MoNiO. The van der Waals surface area contributed by atoms with E-state index in [9.17, 15) is 0 Å². The van der Waals surface area contributed by atoms with Crippen molar-refractivity contribution in [2.24, 2.45) is 0 Å². The molecule has 0 fully saturated rings. The van der Waals surface area contributed by atoms with Gasteiger partial charge in [0.15, 0.2) is 0 Å². The average Bonchev–Trinajstić information content (AvgIpc) is 2.05. The fourth-order valence-electron chi connectivity index (χ4n) is 1.06. The van der Waals surface area contributed by atoms with E-state index >= 15 is 0 Å². The van der Waals surface area contributed by atoms with Crippen LogP contribution in [0.15, 0.2) is 30.3 Å². The SMILES string of the molecule is C.C1=Cc2ccccc2OC1.[Mo].[Ni]. The zero-order chi connectivity index (χ0) is 6.81. The maximum Gasteiger partial charge on any atom is 0.126 e. The van der Waals surface area contributed by atoms with Gasteiger partial charge >= 0.3 is 0 Å². The van der Waals surface area contributed by atoms with E-state index in [4.69, 9.17) is 4.74 Å². The molecule has 74 valence electrons. The number of hydrogen-bond acceptors (Lipinski definition) is 1. The fourth-order valence-corrected chi connectivity index (χ4v) is 1.06. The van der Waals surface area contributed by atoms with Crippen molar-refractivity contribution in [1.29, 1.82) is 0 Å². The van der Waals surface area contributed by atoms with E-state index in [1.165, 1.54) is 5.56 Å². The molecule has 0 saturated heterocycles. The maximum atomic E-state index is 5.34. The van der Waals surface area contributed by atoms with Gasteiger partial charge in [0.2, 0.25) is 0 Å². The van der Waals surface area contributed by atoms with Crippen LogP contribution in [0, 0.1) is 0 Å². The zero-order valence-electron chi connectivity index (χ0n) is 6.30. The third-order valence-corrected chi connectivity index (χ3v) is 1.55. The predicted octanol–water partition coefficient (Wildman–Crippen LogP) is 2.72. The van der Waals surface area contributed by atoms with Gasteiger partial charge in [-0.1, -0.05) is 31.7 Å². The molecule has 0 radical (unpaired) electrons. The molecule has 0 aromatic heterocycles. The van der Waals surface area contributed by atoms with E-state index in [0.717, 1.165) is 5.75 Å². The van der Waals surface area contributed by atoms with E-state index in [1.54, 1.807) is 0 Å². The van der Waals surface area contributed by atoms with Crippen LogP contribution in [0.5, 0.6) is 5.75 Å². The van der Waals surface area contributed by atoms with Gasteiger partial charge in [-0.05, 0) is 12.1 Å². The van der Waals surface area contributed by atoms with E-state index in [2.05, 4.69) is 6.08 Å². The van der Waals surface area contributed by atoms with Gasteiger partial charge < -0.3 is 4.74 Å². The van der Waals surface area contributed by atoms with Crippen molar-refractivity contribution in [3.05, 3.63) is 35.9 Å². The van der Waals surface area contributed by atoms with E-state index in [-0.39, 0.29) is 45.0 Å². The summed E-state index contributed by atoms with van der Waals surface area (Å²) in [6.45, 7) is 0.705. The van der Waals surface area contributed by atoms with Crippen molar-refractivity contribution in [3.63, 3.8) is 0 Å². The van der Waals surface area contributed by atoms with Gasteiger partial charge in [0.25, 0.3) is 0 Å². The Labute approximate surface area is 104 Å². The summed E-state index contributed by atoms with van der Waals surface area (Å²) in [7, 11) is 0. The third-order valence-electron chi connectivity index (χ3n) is 1.55. The summed E-state index contributed by atoms with van der Waals surface area (Å²) in [4.78, 5) is 0. The van der Waals surface area contributed by atoms with Crippen molar-refractivity contribution in [3.8, 4) is 5.75 Å². The van der Waals surface area contributed by atoms with Gasteiger partial charge in [0.1, 0.15) is 12.4 Å². The summed E-state index contributed by atoms with van der Waals surface area (Å²) < 4.78 is 5.34. The van der Waals surface area contributed by atoms with Crippen LogP contribution in [0.2, 0.25) is 0 Å². The second kappa shape index (κ2) is 7.36. The zero-order valence-corrected chi connectivity index (χ0v) is 9.30. The van der Waals surface area contributed by atoms with Gasteiger partial charge in [-0.2, -0.15) is 0 Å². The Bertz CT molecular complexity index is 273. The minimum atomic E-state index is 0. The Morgan fingerprint density at radius 3 is 2.54 bits per heavy atom. The van der Waals surface area contributed by atoms with Crippen molar-refractivity contribution in [2.45, 2.75) is 7.43 Å². The Kier molecular flexibility index (Phi) is 8.72. The number of fused-ring (bicyclic) bond motifs is 1. The minimum Gasteiger partial charge on any atom is -0.489 e. The first-order valence-corrected chi connectivity index (χ1v) is 3.35. The van der Waals surface area contributed by atoms with Crippen LogP contribution in [-0.4, -0.2) is 6.61 Å². The standard InChI is InChI=1S/C9H8O.CH4.Mo.Ni/c1-2-6-9-8(4-1)5-3-7-10-9;;;/h1-6H,7H2;1H4;;. The summed E-state index contributed by atoms with van der Waals surface area (Å²) in [6, 6.07) is 8.03. The minimum absolute atomic E-state index is 0. The molecule has 0 spiro atoms. The Balaban J connectivity index is 0. The fraction of sp³-hybridized carbons (Fsp3) is 0.200. The van der Waals surface area contributed by atoms with Gasteiger partial charge in [-0.15, -0.1) is 0 Å². The molecule has 0 amide bonds. The number of hydrogen-bond donors (Lipinski definition) is 0. The molecule has 1 nitrogen and oxygen atoms in total. The summed E-state index contributed by atoms with van der Waals surface area (Å²) in [5.74, 6) is 0.991. The molecule has 1 aromatic carbocycles. The normalized spacial score (nSPS) is 10.8. The summed E-state index contributed by atoms with van der Waals surface area (Å²) in [6.07, 6.45) is 4.10. The molecular weight excluding hydrogens is 291 g/mol. The molecule has 1 aromatic rings. The molecule has 0 saturated carbocycles. The predicted molar refractivity (Wildman–Crippen MR) is 47.7 cm³/mol. The van der Waals surface area contributed by atoms with Crippen molar-refractivity contribution in [2.75, 3.05) is 6.61 Å². The second-order valence-corrected chi connectivity index (χ2v) is 2.25. The molecule has 0 atom stereocenters. The van der Waals surface area contributed by atoms with Crippen LogP contribution < -0.4 is 4.74 Å². The van der Waals surface area contributed by atoms with Gasteiger partial charge in [-0.3, -0.25) is 0 Å². The Hall–Kier alpha value is -0.0582. The molecule has 0 N–H and O–H groups in total. The number of para-hydroxylation sites is 1. The van der Waals surface area contributed by atoms with Crippen LogP contribution in [0.3, 0.4) is 0 Å². The number of rotatable bonds is 0. The molecule has 1 aliphatic heterocycles. The summed E-state index contributed by atoms with van der Waals surface area (Å²) in [5, 5.41) is 0. The molecule has 0 bridgehead atoms. The topological polar surface area (TPSA) is 9.23 Å². The van der Waals surface area contributed by atoms with Gasteiger partial charge in [0, 0.05) is 43.1 Å². The van der Waals surface area contributed by atoms with Crippen LogP contribution in [0.4, 0.5) is 0 Å². The average molecular weight is 303 g/mol. The molecule has 13 heavy (non-hydrogen) atoms. The molecule has 1 aliphatic rings. The summed E-state index contributed by atoms with van der Waals surface area (Å²) >= 11 is 0. The van der Waals surface area contributed by atoms with Crippen LogP contribution in [-0.2, 0) is 37.6 Å². The molecule has 2 rings (SSSR count). The van der Waals surface area contributed by atoms with Crippen molar-refractivity contribution in [1.82, 2.24) is 0 Å². The Morgan fingerprint density at radius 2 is 1.85 bits per heavy atom. The second-order valence-electron chi connectivity index (χ2n) is 2.25. The van der Waals surface area contributed by atoms with Crippen LogP contribution >= 0.6 is 0 Å². The van der Waals surface area contributed by atoms with E-state index in [1.807, 2.05) is 30.3 Å². The monoisotopic (exact) mass is 304 g/mol. The molecule has 0 aliphatic carbocycles. The third kappa shape index (κ3) is 3.67. The first kappa shape index (κ1) is 15.4. The van der Waals surface area contributed by atoms with Crippen molar-refractivity contribution < 1.29 is 42.3 Å². The van der Waals surface area contributed by atoms with E-state index in [0.29, 0.717) is 6.61 Å². The van der Waals surface area contributed by atoms with E-state index < -0.39 is 0 Å². The number of ether oxygens (including phenoxy) is 1. The number of benzene rings is 1. The van der Waals surface area contributed by atoms with Crippen LogP contribution in [0.1, 0.15) is 13.0 Å². The maximum absolute atomic E-state index is 5.34. The smallest absolute Gasteiger partial charge is 0.126 e. The first-order valence-electron chi connectivity index (χ1n) is 3.35. The van der Waals surface area contributed by atoms with Crippen molar-refractivity contribution >= 4 is 6.08 Å².